The second-order valence-electron chi connectivity index (χ2n) is 7.95. The molecule has 0 radical (unpaired) electrons. The molecule has 0 saturated carbocycles. The molecular weight excluding hydrogens is 480 g/mol. The quantitative estimate of drug-likeness (QED) is 0.226. The fourth-order valence-corrected chi connectivity index (χ4v) is 5.35. The van der Waals surface area contributed by atoms with Crippen LogP contribution in [-0.2, 0) is 9.59 Å². The number of hydrogen-bond donors (Lipinski definition) is 1. The predicted octanol–water partition coefficient (Wildman–Crippen LogP) is 4.95. The Balaban J connectivity index is 1.78. The molecule has 1 unspecified atom stereocenters. The maximum Gasteiger partial charge on any atom is 0.301 e. The minimum absolute atomic E-state index is 0.0606. The first-order valence-electron chi connectivity index (χ1n) is 11.0. The third kappa shape index (κ3) is 3.74. The molecule has 9 heteroatoms. The van der Waals surface area contributed by atoms with Crippen molar-refractivity contribution in [2.24, 2.45) is 0 Å². The van der Waals surface area contributed by atoms with Crippen LogP contribution < -0.4 is 19.1 Å². The largest absolute Gasteiger partial charge is 0.507 e. The highest BCUT2D eigenvalue weighted by atomic mass is 32.1. The third-order valence-corrected chi connectivity index (χ3v) is 7.03. The molecule has 1 fully saturated rings. The van der Waals surface area contributed by atoms with Crippen LogP contribution in [0.25, 0.3) is 16.0 Å². The zero-order valence-corrected chi connectivity index (χ0v) is 20.5. The average molecular weight is 503 g/mol. The van der Waals surface area contributed by atoms with E-state index in [0.29, 0.717) is 39.0 Å². The Hall–Kier alpha value is -4.37. The Kier molecular flexibility index (Phi) is 6.07. The van der Waals surface area contributed by atoms with Crippen LogP contribution in [0.4, 0.5) is 5.13 Å². The number of ether oxygens (including phenoxy) is 3. The normalized spacial score (nSPS) is 17.0. The van der Waals surface area contributed by atoms with Crippen molar-refractivity contribution in [3.63, 3.8) is 0 Å². The minimum Gasteiger partial charge on any atom is -0.507 e. The Morgan fingerprint density at radius 1 is 0.944 bits per heavy atom. The van der Waals surface area contributed by atoms with Gasteiger partial charge >= 0.3 is 5.91 Å². The van der Waals surface area contributed by atoms with Gasteiger partial charge in [-0.1, -0.05) is 53.8 Å². The number of aliphatic hydroxyl groups excluding tert-OH is 1. The van der Waals surface area contributed by atoms with E-state index in [0.717, 1.165) is 4.70 Å². The first-order valence-corrected chi connectivity index (χ1v) is 11.8. The fraction of sp³-hybridized carbons (Fsp3) is 0.148. The van der Waals surface area contributed by atoms with Crippen molar-refractivity contribution in [2.75, 3.05) is 26.2 Å². The number of fused-ring (bicyclic) bond motifs is 1. The van der Waals surface area contributed by atoms with E-state index in [1.165, 1.54) is 30.5 Å². The van der Waals surface area contributed by atoms with Crippen LogP contribution in [0.1, 0.15) is 17.2 Å². The zero-order valence-electron chi connectivity index (χ0n) is 19.7. The molecule has 8 nitrogen and oxygen atoms in total. The smallest absolute Gasteiger partial charge is 0.301 e. The van der Waals surface area contributed by atoms with Crippen LogP contribution in [0, 0.1) is 0 Å². The van der Waals surface area contributed by atoms with Gasteiger partial charge in [-0.05, 0) is 24.3 Å². The second kappa shape index (κ2) is 9.35. The highest BCUT2D eigenvalue weighted by Crippen LogP contribution is 2.48. The summed E-state index contributed by atoms with van der Waals surface area (Å²) in [5.74, 6) is -0.478. The molecule has 1 atom stereocenters. The Bertz CT molecular complexity index is 1510. The molecule has 0 spiro atoms. The number of benzene rings is 3. The standard InChI is InChI=1S/C27H22N2O6S/c1-33-16-12-13-18-20(14-16)36-27(28-18)29-22(17-10-7-11-19(34-2)25(17)35-3)21(24(31)26(29)32)23(30)15-8-5-4-6-9-15/h4-14,22,30H,1-3H3. The number of nitrogens with zero attached hydrogens (tertiary/aromatic N) is 2. The van der Waals surface area contributed by atoms with E-state index in [1.807, 2.05) is 6.07 Å². The van der Waals surface area contributed by atoms with Gasteiger partial charge in [0.05, 0.1) is 37.1 Å². The number of ketones is 1. The summed E-state index contributed by atoms with van der Waals surface area (Å²) < 4.78 is 17.2. The fourth-order valence-electron chi connectivity index (χ4n) is 4.33. The second-order valence-corrected chi connectivity index (χ2v) is 8.96. The van der Waals surface area contributed by atoms with Crippen LogP contribution >= 0.6 is 11.3 Å². The summed E-state index contributed by atoms with van der Waals surface area (Å²) in [6.07, 6.45) is 0. The first kappa shape index (κ1) is 23.4. The van der Waals surface area contributed by atoms with E-state index >= 15 is 0 Å². The van der Waals surface area contributed by atoms with Gasteiger partial charge in [0.25, 0.3) is 5.78 Å². The van der Waals surface area contributed by atoms with Gasteiger partial charge in [-0.15, -0.1) is 0 Å². The van der Waals surface area contributed by atoms with E-state index in [4.69, 9.17) is 14.2 Å². The number of carbonyl (C=O) groups is 2. The lowest BCUT2D eigenvalue weighted by Gasteiger charge is -2.25. The molecule has 1 saturated heterocycles. The van der Waals surface area contributed by atoms with Crippen LogP contribution in [-0.4, -0.2) is 43.1 Å². The van der Waals surface area contributed by atoms with Gasteiger partial charge in [-0.25, -0.2) is 4.98 Å². The molecule has 0 aliphatic carbocycles. The number of thiazole rings is 1. The van der Waals surface area contributed by atoms with E-state index in [-0.39, 0.29) is 11.3 Å². The van der Waals surface area contributed by atoms with Gasteiger partial charge < -0.3 is 19.3 Å². The molecule has 3 aromatic carbocycles. The number of aromatic nitrogens is 1. The van der Waals surface area contributed by atoms with E-state index in [9.17, 15) is 14.7 Å². The summed E-state index contributed by atoms with van der Waals surface area (Å²) in [4.78, 5) is 32.9. The van der Waals surface area contributed by atoms with Gasteiger partial charge in [0.15, 0.2) is 16.6 Å². The van der Waals surface area contributed by atoms with Crippen molar-refractivity contribution >= 4 is 44.1 Å². The molecule has 5 rings (SSSR count). The Morgan fingerprint density at radius 2 is 1.72 bits per heavy atom. The zero-order chi connectivity index (χ0) is 25.4. The molecule has 1 amide bonds. The van der Waals surface area contributed by atoms with Crippen molar-refractivity contribution in [3.8, 4) is 17.2 Å². The lowest BCUT2D eigenvalue weighted by molar-refractivity contribution is -0.132. The number of hydrogen-bond acceptors (Lipinski definition) is 8. The van der Waals surface area contributed by atoms with E-state index < -0.39 is 17.7 Å². The summed E-state index contributed by atoms with van der Waals surface area (Å²) in [6.45, 7) is 0. The monoisotopic (exact) mass is 502 g/mol. The molecule has 36 heavy (non-hydrogen) atoms. The first-order chi connectivity index (χ1) is 17.5. The number of methoxy groups -OCH3 is 3. The molecule has 1 aliphatic heterocycles. The molecular formula is C27H22N2O6S. The van der Waals surface area contributed by atoms with Crippen molar-refractivity contribution in [2.45, 2.75) is 6.04 Å². The maximum atomic E-state index is 13.5. The van der Waals surface area contributed by atoms with Crippen molar-refractivity contribution in [1.82, 2.24) is 4.98 Å². The highest BCUT2D eigenvalue weighted by Gasteiger charge is 2.49. The van der Waals surface area contributed by atoms with E-state index in [2.05, 4.69) is 4.98 Å². The van der Waals surface area contributed by atoms with Gasteiger partial charge in [0, 0.05) is 11.1 Å². The maximum absolute atomic E-state index is 13.5. The molecule has 0 bridgehead atoms. The summed E-state index contributed by atoms with van der Waals surface area (Å²) in [7, 11) is 4.55. The molecule has 1 aliphatic rings. The van der Waals surface area contributed by atoms with Crippen LogP contribution in [0.3, 0.4) is 0 Å². The number of carbonyl (C=O) groups excluding carboxylic acids is 2. The van der Waals surface area contributed by atoms with Crippen LogP contribution in [0.5, 0.6) is 17.2 Å². The summed E-state index contributed by atoms with van der Waals surface area (Å²) in [5, 5.41) is 11.6. The van der Waals surface area contributed by atoms with E-state index in [1.54, 1.807) is 67.8 Å². The number of rotatable bonds is 6. The summed E-state index contributed by atoms with van der Waals surface area (Å²) >= 11 is 1.25. The molecule has 4 aromatic rings. The Labute approximate surface area is 211 Å². The van der Waals surface area contributed by atoms with Gasteiger partial charge in [-0.3, -0.25) is 14.5 Å². The molecule has 2 heterocycles. The van der Waals surface area contributed by atoms with Crippen LogP contribution in [0.15, 0.2) is 72.3 Å². The number of Topliss-reactive ketones (excluding diaryl/α,β-unsaturated/α-hetero) is 1. The SMILES string of the molecule is COc1ccc2nc(N3C(=O)C(=O)C(=C(O)c4ccccc4)C3c3cccc(OC)c3OC)sc2c1. The van der Waals surface area contributed by atoms with Crippen molar-refractivity contribution in [1.29, 1.82) is 0 Å². The van der Waals surface area contributed by atoms with Gasteiger partial charge in [0.2, 0.25) is 0 Å². The molecule has 1 aromatic heterocycles. The highest BCUT2D eigenvalue weighted by molar-refractivity contribution is 7.22. The topological polar surface area (TPSA) is 98.2 Å². The van der Waals surface area contributed by atoms with Crippen LogP contribution in [0.2, 0.25) is 0 Å². The van der Waals surface area contributed by atoms with Gasteiger partial charge in [-0.2, -0.15) is 0 Å². The summed E-state index contributed by atoms with van der Waals surface area (Å²) in [5.41, 5.74) is 1.48. The van der Waals surface area contributed by atoms with Gasteiger partial charge in [0.1, 0.15) is 17.6 Å². The van der Waals surface area contributed by atoms with Crippen molar-refractivity contribution < 1.29 is 28.9 Å². The predicted molar refractivity (Wildman–Crippen MR) is 137 cm³/mol. The number of para-hydroxylation sites is 1. The third-order valence-electron chi connectivity index (χ3n) is 6.01. The number of aliphatic hydroxyl groups is 1. The number of amides is 1. The molecule has 182 valence electrons. The summed E-state index contributed by atoms with van der Waals surface area (Å²) in [6, 6.07) is 18.2. The lowest BCUT2D eigenvalue weighted by Crippen LogP contribution is -2.29. The number of anilines is 1. The Morgan fingerprint density at radius 3 is 2.42 bits per heavy atom. The average Bonchev–Trinajstić information content (AvgIpc) is 3.45. The minimum atomic E-state index is -1.00. The lowest BCUT2D eigenvalue weighted by atomic mass is 9.94. The van der Waals surface area contributed by atoms with Crippen molar-refractivity contribution in [3.05, 3.63) is 83.4 Å². The molecule has 1 N–H and O–H groups in total.